The summed E-state index contributed by atoms with van der Waals surface area (Å²) in [6, 6.07) is 8.72. The van der Waals surface area contributed by atoms with Gasteiger partial charge in [0.05, 0.1) is 16.7 Å². The Morgan fingerprint density at radius 3 is 2.64 bits per heavy atom. The second-order valence-corrected chi connectivity index (χ2v) is 7.08. The zero-order chi connectivity index (χ0) is 20.4. The predicted octanol–water partition coefficient (Wildman–Crippen LogP) is 5.52. The molecule has 3 aromatic rings. The maximum atomic E-state index is 12.5. The number of nitrogens with zero attached hydrogens (tertiary/aromatic N) is 2. The van der Waals surface area contributed by atoms with E-state index in [1.165, 1.54) is 16.8 Å². The lowest BCUT2D eigenvalue weighted by atomic mass is 10.0. The van der Waals surface area contributed by atoms with Gasteiger partial charge in [-0.05, 0) is 43.2 Å². The Morgan fingerprint density at radius 1 is 1.18 bits per heavy atom. The number of halogens is 2. The molecule has 0 saturated heterocycles. The number of ether oxygens (including phenoxy) is 1. The van der Waals surface area contributed by atoms with Gasteiger partial charge in [0.25, 0.3) is 5.91 Å². The van der Waals surface area contributed by atoms with Crippen molar-refractivity contribution < 1.29 is 14.3 Å². The van der Waals surface area contributed by atoms with Crippen LogP contribution in [0, 0.1) is 6.92 Å². The van der Waals surface area contributed by atoms with Gasteiger partial charge in [0.1, 0.15) is 10.8 Å². The van der Waals surface area contributed by atoms with E-state index in [0.29, 0.717) is 17.5 Å². The molecule has 7 heteroatoms. The molecule has 1 aromatic heterocycles. The number of rotatable bonds is 6. The average molecular weight is 417 g/mol. The van der Waals surface area contributed by atoms with Gasteiger partial charge in [-0.15, -0.1) is 0 Å². The van der Waals surface area contributed by atoms with Crippen molar-refractivity contribution in [1.82, 2.24) is 9.78 Å². The number of carbonyl (C=O) groups excluding carboxylic acids is 2. The number of aryl methyl sites for hydroxylation is 1. The molecule has 0 radical (unpaired) electrons. The summed E-state index contributed by atoms with van der Waals surface area (Å²) >= 11 is 12.5. The number of hydrogen-bond donors (Lipinski definition) is 0. The lowest BCUT2D eigenvalue weighted by Gasteiger charge is -2.12. The zero-order valence-corrected chi connectivity index (χ0v) is 17.0. The number of benzene rings is 2. The number of aromatic nitrogens is 2. The summed E-state index contributed by atoms with van der Waals surface area (Å²) in [6.07, 6.45) is 2.14. The molecule has 28 heavy (non-hydrogen) atoms. The van der Waals surface area contributed by atoms with Gasteiger partial charge < -0.3 is 4.74 Å². The summed E-state index contributed by atoms with van der Waals surface area (Å²) in [5.41, 5.74) is 2.47. The molecule has 5 nitrogen and oxygen atoms in total. The van der Waals surface area contributed by atoms with E-state index in [2.05, 4.69) is 11.7 Å². The van der Waals surface area contributed by atoms with E-state index in [9.17, 15) is 9.59 Å². The monoisotopic (exact) mass is 416 g/mol. The molecule has 0 aliphatic heterocycles. The first-order valence-corrected chi connectivity index (χ1v) is 9.40. The molecule has 0 spiro atoms. The molecule has 0 unspecified atom stereocenters. The van der Waals surface area contributed by atoms with Crippen LogP contribution in [0.3, 0.4) is 0 Å². The first-order chi connectivity index (χ1) is 13.3. The van der Waals surface area contributed by atoms with Crippen molar-refractivity contribution in [2.24, 2.45) is 0 Å². The minimum Gasteiger partial charge on any atom is -0.482 e. The molecule has 0 saturated carbocycles. The van der Waals surface area contributed by atoms with E-state index < -0.39 is 0 Å². The smallest absolute Gasteiger partial charge is 0.285 e. The molecule has 2 aromatic carbocycles. The van der Waals surface area contributed by atoms with Crippen LogP contribution in [-0.4, -0.2) is 28.1 Å². The molecule has 0 amide bonds. The van der Waals surface area contributed by atoms with Crippen molar-refractivity contribution in [3.63, 3.8) is 0 Å². The summed E-state index contributed by atoms with van der Waals surface area (Å²) in [5, 5.41) is 5.15. The largest absolute Gasteiger partial charge is 0.482 e. The van der Waals surface area contributed by atoms with E-state index in [-0.39, 0.29) is 39.7 Å². The second-order valence-electron chi connectivity index (χ2n) is 6.33. The maximum Gasteiger partial charge on any atom is 0.285 e. The van der Waals surface area contributed by atoms with Crippen molar-refractivity contribution in [2.45, 2.75) is 20.3 Å². The Labute approximate surface area is 172 Å². The maximum absolute atomic E-state index is 12.5. The van der Waals surface area contributed by atoms with Crippen molar-refractivity contribution >= 4 is 45.8 Å². The van der Waals surface area contributed by atoms with Crippen molar-refractivity contribution in [3.05, 3.63) is 69.9 Å². The van der Waals surface area contributed by atoms with Crippen LogP contribution in [0.1, 0.15) is 34.1 Å². The van der Waals surface area contributed by atoms with Gasteiger partial charge in [0.2, 0.25) is 0 Å². The Bertz CT molecular complexity index is 1100. The molecule has 3 rings (SSSR count). The minimum absolute atomic E-state index is 0.0742. The standard InChI is InChI=1S/C21H18Cl2N2O3/c1-4-13(3)21(27)15-6-8-17(20(23)19(15)22)28-11-18(26)25-16-7-5-12(2)9-14(16)10-24-25/h5-10H,3-4,11H2,1-2H3. The number of carbonyl (C=O) groups is 2. The Morgan fingerprint density at radius 2 is 1.93 bits per heavy atom. The number of fused-ring (bicyclic) bond motifs is 1. The number of hydrogen-bond acceptors (Lipinski definition) is 4. The van der Waals surface area contributed by atoms with Gasteiger partial charge in [0, 0.05) is 10.9 Å². The molecular formula is C21H18Cl2N2O3. The molecule has 0 aliphatic rings. The third-order valence-corrected chi connectivity index (χ3v) is 5.21. The quantitative estimate of drug-likeness (QED) is 0.392. The molecule has 0 N–H and O–H groups in total. The highest BCUT2D eigenvalue weighted by Crippen LogP contribution is 2.35. The summed E-state index contributed by atoms with van der Waals surface area (Å²) in [6.45, 7) is 7.24. The van der Waals surface area contributed by atoms with Gasteiger partial charge in [-0.2, -0.15) is 9.78 Å². The first-order valence-electron chi connectivity index (χ1n) is 8.64. The van der Waals surface area contributed by atoms with Crippen LogP contribution < -0.4 is 4.74 Å². The summed E-state index contributed by atoms with van der Waals surface area (Å²) in [4.78, 5) is 24.8. The molecule has 0 fully saturated rings. The summed E-state index contributed by atoms with van der Waals surface area (Å²) in [7, 11) is 0. The molecule has 144 valence electrons. The SMILES string of the molecule is C=C(CC)C(=O)c1ccc(OCC(=O)n2ncc3cc(C)ccc32)c(Cl)c1Cl. The lowest BCUT2D eigenvalue weighted by molar-refractivity contribution is 0.0826. The third-order valence-electron chi connectivity index (χ3n) is 4.35. The van der Waals surface area contributed by atoms with E-state index in [1.54, 1.807) is 6.20 Å². The lowest BCUT2D eigenvalue weighted by Crippen LogP contribution is -2.20. The highest BCUT2D eigenvalue weighted by molar-refractivity contribution is 6.45. The fourth-order valence-corrected chi connectivity index (χ4v) is 3.18. The van der Waals surface area contributed by atoms with Crippen LogP contribution in [0.25, 0.3) is 10.9 Å². The topological polar surface area (TPSA) is 61.2 Å². The van der Waals surface area contributed by atoms with E-state index >= 15 is 0 Å². The van der Waals surface area contributed by atoms with Crippen LogP contribution in [0.5, 0.6) is 5.75 Å². The fourth-order valence-electron chi connectivity index (χ4n) is 2.72. The Hall–Kier alpha value is -2.63. The fraction of sp³-hybridized carbons (Fsp3) is 0.190. The van der Waals surface area contributed by atoms with E-state index in [1.807, 2.05) is 32.0 Å². The van der Waals surface area contributed by atoms with Crippen LogP contribution in [-0.2, 0) is 0 Å². The van der Waals surface area contributed by atoms with Crippen molar-refractivity contribution in [2.75, 3.05) is 6.61 Å². The molecular weight excluding hydrogens is 399 g/mol. The number of allylic oxidation sites excluding steroid dienone is 1. The summed E-state index contributed by atoms with van der Waals surface area (Å²) in [5.74, 6) is -0.410. The van der Waals surface area contributed by atoms with Gasteiger partial charge in [-0.1, -0.05) is 48.3 Å². The average Bonchev–Trinajstić information content (AvgIpc) is 3.10. The number of ketones is 1. The molecule has 0 aliphatic carbocycles. The van der Waals surface area contributed by atoms with Crippen LogP contribution >= 0.6 is 23.2 Å². The highest BCUT2D eigenvalue weighted by atomic mass is 35.5. The highest BCUT2D eigenvalue weighted by Gasteiger charge is 2.19. The van der Waals surface area contributed by atoms with Gasteiger partial charge in [-0.3, -0.25) is 9.59 Å². The first kappa shape index (κ1) is 20.1. The minimum atomic E-state index is -0.356. The number of Topliss-reactive ketones (excluding diaryl/α,β-unsaturated/α-hetero) is 1. The third kappa shape index (κ3) is 3.81. The van der Waals surface area contributed by atoms with E-state index in [0.717, 1.165) is 10.9 Å². The van der Waals surface area contributed by atoms with Crippen molar-refractivity contribution in [3.8, 4) is 5.75 Å². The Balaban J connectivity index is 1.78. The van der Waals surface area contributed by atoms with Crippen LogP contribution in [0.15, 0.2) is 48.7 Å². The molecule has 0 atom stereocenters. The van der Waals surface area contributed by atoms with E-state index in [4.69, 9.17) is 27.9 Å². The van der Waals surface area contributed by atoms with Crippen LogP contribution in [0.4, 0.5) is 0 Å². The van der Waals surface area contributed by atoms with Gasteiger partial charge in [-0.25, -0.2) is 0 Å². The second kappa shape index (κ2) is 8.17. The van der Waals surface area contributed by atoms with Crippen molar-refractivity contribution in [1.29, 1.82) is 0 Å². The van der Waals surface area contributed by atoms with Crippen LogP contribution in [0.2, 0.25) is 10.0 Å². The summed E-state index contributed by atoms with van der Waals surface area (Å²) < 4.78 is 6.82. The molecule has 0 bridgehead atoms. The van der Waals surface area contributed by atoms with Gasteiger partial charge in [0.15, 0.2) is 12.4 Å². The molecule has 1 heterocycles. The Kier molecular flexibility index (Phi) is 5.87. The normalized spacial score (nSPS) is 10.9. The van der Waals surface area contributed by atoms with Gasteiger partial charge >= 0.3 is 0 Å². The zero-order valence-electron chi connectivity index (χ0n) is 15.5. The predicted molar refractivity (Wildman–Crippen MR) is 111 cm³/mol.